The minimum Gasteiger partial charge on any atom is -0.490 e. The fourth-order valence-corrected chi connectivity index (χ4v) is 2.27. The first-order valence-electron chi connectivity index (χ1n) is 7.08. The second-order valence-electron chi connectivity index (χ2n) is 5.37. The Balaban J connectivity index is 1.85. The number of nitrogens with one attached hydrogen (secondary N) is 1. The monoisotopic (exact) mass is 289 g/mol. The van der Waals surface area contributed by atoms with Gasteiger partial charge in [-0.3, -0.25) is 4.68 Å². The lowest BCUT2D eigenvalue weighted by Gasteiger charge is -2.16. The Kier molecular flexibility index (Phi) is 4.85. The number of hydrogen-bond donors (Lipinski definition) is 2. The maximum Gasteiger partial charge on any atom is 0.125 e. The van der Waals surface area contributed by atoms with Gasteiger partial charge in [-0.25, -0.2) is 0 Å². The van der Waals surface area contributed by atoms with E-state index in [0.29, 0.717) is 6.54 Å². The normalized spacial score (nSPS) is 12.2. The maximum absolute atomic E-state index is 10.0. The summed E-state index contributed by atoms with van der Waals surface area (Å²) in [6.07, 6.45) is 1.32. The van der Waals surface area contributed by atoms with Crippen LogP contribution in [0.3, 0.4) is 0 Å². The average Bonchev–Trinajstić information content (AvgIpc) is 2.74. The summed E-state index contributed by atoms with van der Waals surface area (Å²) >= 11 is 0. The maximum atomic E-state index is 10.0. The van der Waals surface area contributed by atoms with E-state index in [9.17, 15) is 5.11 Å². The summed E-state index contributed by atoms with van der Waals surface area (Å²) in [6.45, 7) is 6.63. The zero-order valence-electron chi connectivity index (χ0n) is 13.1. The van der Waals surface area contributed by atoms with E-state index in [2.05, 4.69) is 10.4 Å². The molecule has 1 aromatic heterocycles. The number of ether oxygens (including phenoxy) is 1. The van der Waals surface area contributed by atoms with E-state index in [1.807, 2.05) is 52.2 Å². The average molecular weight is 289 g/mol. The highest BCUT2D eigenvalue weighted by molar-refractivity contribution is 5.45. The zero-order chi connectivity index (χ0) is 15.4. The fourth-order valence-electron chi connectivity index (χ4n) is 2.27. The predicted molar refractivity (Wildman–Crippen MR) is 83.9 cm³/mol. The van der Waals surface area contributed by atoms with Crippen LogP contribution in [0.5, 0.6) is 5.75 Å². The van der Waals surface area contributed by atoms with Gasteiger partial charge in [-0.15, -0.1) is 0 Å². The van der Waals surface area contributed by atoms with Crippen LogP contribution in [0, 0.1) is 20.8 Å². The molecule has 0 fully saturated rings. The highest BCUT2D eigenvalue weighted by Gasteiger charge is 2.10. The third-order valence-corrected chi connectivity index (χ3v) is 3.37. The summed E-state index contributed by atoms with van der Waals surface area (Å²) in [5.74, 6) is 0.856. The van der Waals surface area contributed by atoms with Gasteiger partial charge in [-0.05, 0) is 31.9 Å². The van der Waals surface area contributed by atoms with Crippen LogP contribution in [0.25, 0.3) is 0 Å². The Morgan fingerprint density at radius 1 is 1.29 bits per heavy atom. The van der Waals surface area contributed by atoms with Gasteiger partial charge < -0.3 is 15.2 Å². The van der Waals surface area contributed by atoms with E-state index in [4.69, 9.17) is 4.74 Å². The minimum atomic E-state index is -0.580. The van der Waals surface area contributed by atoms with Crippen LogP contribution in [0.1, 0.15) is 16.8 Å². The van der Waals surface area contributed by atoms with E-state index < -0.39 is 6.10 Å². The van der Waals surface area contributed by atoms with E-state index in [1.165, 1.54) is 0 Å². The number of aliphatic hydroxyl groups is 1. The Hall–Kier alpha value is -2.01. The summed E-state index contributed by atoms with van der Waals surface area (Å²) in [4.78, 5) is 0. The van der Waals surface area contributed by atoms with Gasteiger partial charge in [0.05, 0.1) is 11.4 Å². The summed E-state index contributed by atoms with van der Waals surface area (Å²) in [5.41, 5.74) is 4.01. The van der Waals surface area contributed by atoms with Gasteiger partial charge in [0, 0.05) is 19.8 Å². The fraction of sp³-hybridized carbons (Fsp3) is 0.438. The van der Waals surface area contributed by atoms with Crippen LogP contribution >= 0.6 is 0 Å². The first-order valence-corrected chi connectivity index (χ1v) is 7.08. The Morgan fingerprint density at radius 3 is 2.52 bits per heavy atom. The lowest BCUT2D eigenvalue weighted by Crippen LogP contribution is -2.26. The molecule has 2 rings (SSSR count). The third kappa shape index (κ3) is 3.98. The van der Waals surface area contributed by atoms with Crippen molar-refractivity contribution < 1.29 is 9.84 Å². The Bertz CT molecular complexity index is 587. The molecule has 0 saturated heterocycles. The van der Waals surface area contributed by atoms with Crippen molar-refractivity contribution in [1.29, 1.82) is 0 Å². The molecule has 21 heavy (non-hydrogen) atoms. The molecule has 1 heterocycles. The van der Waals surface area contributed by atoms with Crippen LogP contribution < -0.4 is 10.1 Å². The highest BCUT2D eigenvalue weighted by atomic mass is 16.5. The van der Waals surface area contributed by atoms with Crippen molar-refractivity contribution in [2.45, 2.75) is 26.9 Å². The summed E-state index contributed by atoms with van der Waals surface area (Å²) in [5, 5.41) is 17.5. The largest absolute Gasteiger partial charge is 0.490 e. The second-order valence-corrected chi connectivity index (χ2v) is 5.37. The molecule has 0 aliphatic carbocycles. The van der Waals surface area contributed by atoms with Crippen LogP contribution in [0.2, 0.25) is 0 Å². The van der Waals surface area contributed by atoms with Crippen molar-refractivity contribution in [3.63, 3.8) is 0 Å². The predicted octanol–water partition coefficient (Wildman–Crippen LogP) is 2.20. The molecule has 5 heteroatoms. The molecule has 1 atom stereocenters. The number of para-hydroxylation sites is 1. The van der Waals surface area contributed by atoms with Gasteiger partial charge in [0.15, 0.2) is 0 Å². The molecule has 0 amide bonds. The van der Waals surface area contributed by atoms with Gasteiger partial charge >= 0.3 is 0 Å². The molecule has 0 spiro atoms. The molecule has 0 bridgehead atoms. The van der Waals surface area contributed by atoms with Crippen molar-refractivity contribution in [1.82, 2.24) is 9.78 Å². The van der Waals surface area contributed by atoms with E-state index in [-0.39, 0.29) is 6.61 Å². The molecule has 2 N–H and O–H groups in total. The molecule has 0 aliphatic heterocycles. The minimum absolute atomic E-state index is 0.262. The summed E-state index contributed by atoms with van der Waals surface area (Å²) < 4.78 is 7.49. The number of nitrogens with zero attached hydrogens (tertiary/aromatic N) is 2. The molecular weight excluding hydrogens is 266 g/mol. The Morgan fingerprint density at radius 2 is 1.95 bits per heavy atom. The molecular formula is C16H23N3O2. The van der Waals surface area contributed by atoms with Crippen LogP contribution in [-0.4, -0.2) is 34.1 Å². The molecule has 114 valence electrons. The molecule has 0 aliphatic rings. The van der Waals surface area contributed by atoms with Crippen LogP contribution in [0.4, 0.5) is 5.69 Å². The van der Waals surface area contributed by atoms with Gasteiger partial charge in [-0.2, -0.15) is 5.10 Å². The highest BCUT2D eigenvalue weighted by Crippen LogP contribution is 2.22. The van der Waals surface area contributed by atoms with Crippen LogP contribution in [0.15, 0.2) is 24.4 Å². The quantitative estimate of drug-likeness (QED) is 0.856. The molecule has 0 saturated carbocycles. The molecule has 1 aromatic carbocycles. The number of aliphatic hydroxyl groups excluding tert-OH is 1. The standard InChI is InChI=1S/C16H23N3O2/c1-11-6-5-7-12(2)16(11)21-10-14(20)8-17-15-9-19(4)18-13(15)3/h5-7,9,14,17,20H,8,10H2,1-4H3. The number of anilines is 1. The first kappa shape index (κ1) is 15.4. The molecule has 5 nitrogen and oxygen atoms in total. The van der Waals surface area contributed by atoms with E-state index in [1.54, 1.807) is 4.68 Å². The van der Waals surface area contributed by atoms with Gasteiger partial charge in [0.1, 0.15) is 18.5 Å². The summed E-state index contributed by atoms with van der Waals surface area (Å²) in [7, 11) is 1.87. The van der Waals surface area contributed by atoms with Gasteiger partial charge in [-0.1, -0.05) is 18.2 Å². The van der Waals surface area contributed by atoms with E-state index in [0.717, 1.165) is 28.3 Å². The summed E-state index contributed by atoms with van der Waals surface area (Å²) in [6, 6.07) is 6.01. The number of aryl methyl sites for hydroxylation is 4. The number of rotatable bonds is 6. The van der Waals surface area contributed by atoms with Gasteiger partial charge in [0.25, 0.3) is 0 Å². The number of aromatic nitrogens is 2. The second kappa shape index (κ2) is 6.63. The van der Waals surface area contributed by atoms with E-state index >= 15 is 0 Å². The topological polar surface area (TPSA) is 59.3 Å². The first-order chi connectivity index (χ1) is 9.97. The molecule has 0 radical (unpaired) electrons. The molecule has 2 aromatic rings. The molecule has 1 unspecified atom stereocenters. The SMILES string of the molecule is Cc1cccc(C)c1OCC(O)CNc1cn(C)nc1C. The number of hydrogen-bond acceptors (Lipinski definition) is 4. The van der Waals surface area contributed by atoms with Crippen molar-refractivity contribution in [2.24, 2.45) is 7.05 Å². The van der Waals surface area contributed by atoms with Crippen molar-refractivity contribution >= 4 is 5.69 Å². The zero-order valence-corrected chi connectivity index (χ0v) is 13.1. The van der Waals surface area contributed by atoms with Crippen molar-refractivity contribution in [3.05, 3.63) is 41.2 Å². The lowest BCUT2D eigenvalue weighted by atomic mass is 10.1. The van der Waals surface area contributed by atoms with Gasteiger partial charge in [0.2, 0.25) is 0 Å². The van der Waals surface area contributed by atoms with Crippen LogP contribution in [-0.2, 0) is 7.05 Å². The Labute approximate surface area is 125 Å². The smallest absolute Gasteiger partial charge is 0.125 e. The lowest BCUT2D eigenvalue weighted by molar-refractivity contribution is 0.117. The van der Waals surface area contributed by atoms with Crippen molar-refractivity contribution in [2.75, 3.05) is 18.5 Å². The third-order valence-electron chi connectivity index (χ3n) is 3.37. The van der Waals surface area contributed by atoms with Crippen molar-refractivity contribution in [3.8, 4) is 5.75 Å². The number of benzene rings is 1.